The highest BCUT2D eigenvalue weighted by molar-refractivity contribution is 5.94. The summed E-state index contributed by atoms with van der Waals surface area (Å²) in [6, 6.07) is 28.1. The number of hydrogen-bond acceptors (Lipinski definition) is 7. The standard InChI is InChI=1S/C32H33N3O6.C8H9NO2/c1-40-29-19-28-30(18-23(29)20-36)41-32(39)34(28)16-6-5-7-21-10-15-26(22-8-3-2-4-9-22)27(17-21)35(31(37)38)25-13-11-24(33)12-14-25;10-8(11)9-6-7-4-2-1-3-5-7/h2-5,7-10,15,17-20,24-25H,6,11-14,16,33H2,1H3,(H,37,38);1-5,9H,6H2,(H,10,11). The Bertz CT molecular complexity index is 2070. The number of fused-ring (bicyclic) bond motifs is 1. The summed E-state index contributed by atoms with van der Waals surface area (Å²) in [5.41, 5.74) is 11.5. The van der Waals surface area contributed by atoms with Gasteiger partial charge in [0.15, 0.2) is 11.9 Å². The van der Waals surface area contributed by atoms with Gasteiger partial charge < -0.3 is 30.4 Å². The molecule has 1 heterocycles. The molecule has 1 aliphatic carbocycles. The first-order valence-corrected chi connectivity index (χ1v) is 17.0. The molecule has 0 bridgehead atoms. The van der Waals surface area contributed by atoms with Gasteiger partial charge in [0.2, 0.25) is 0 Å². The van der Waals surface area contributed by atoms with Crippen LogP contribution < -0.4 is 26.4 Å². The number of anilines is 1. The quantitative estimate of drug-likeness (QED) is 0.102. The van der Waals surface area contributed by atoms with Crippen LogP contribution in [0.2, 0.25) is 0 Å². The van der Waals surface area contributed by atoms with Gasteiger partial charge in [-0.1, -0.05) is 84.9 Å². The molecule has 1 aliphatic rings. The number of amides is 2. The van der Waals surface area contributed by atoms with Crippen LogP contribution in [0.3, 0.4) is 0 Å². The predicted molar refractivity (Wildman–Crippen MR) is 200 cm³/mol. The number of nitrogens with zero attached hydrogens (tertiary/aromatic N) is 2. The number of nitrogens with one attached hydrogen (secondary N) is 1. The van der Waals surface area contributed by atoms with Gasteiger partial charge in [-0.05, 0) is 60.9 Å². The Morgan fingerprint density at radius 2 is 1.67 bits per heavy atom. The van der Waals surface area contributed by atoms with E-state index in [1.807, 2.05) is 91.0 Å². The van der Waals surface area contributed by atoms with Gasteiger partial charge in [-0.3, -0.25) is 14.3 Å². The highest BCUT2D eigenvalue weighted by Gasteiger charge is 2.30. The molecule has 0 spiro atoms. The molecule has 2 amide bonds. The van der Waals surface area contributed by atoms with Gasteiger partial charge in [-0.15, -0.1) is 0 Å². The molecule has 1 fully saturated rings. The smallest absolute Gasteiger partial charge is 0.419 e. The molecule has 6 rings (SSSR count). The molecule has 5 N–H and O–H groups in total. The van der Waals surface area contributed by atoms with Crippen molar-refractivity contribution >= 4 is 41.3 Å². The zero-order valence-corrected chi connectivity index (χ0v) is 28.8. The molecule has 12 nitrogen and oxygen atoms in total. The van der Waals surface area contributed by atoms with Crippen molar-refractivity contribution in [3.05, 3.63) is 124 Å². The van der Waals surface area contributed by atoms with E-state index in [4.69, 9.17) is 20.0 Å². The lowest BCUT2D eigenvalue weighted by Gasteiger charge is -2.35. The third kappa shape index (κ3) is 9.34. The van der Waals surface area contributed by atoms with Crippen molar-refractivity contribution in [2.45, 2.75) is 57.3 Å². The minimum absolute atomic E-state index is 0.109. The number of aromatic nitrogens is 1. The fourth-order valence-corrected chi connectivity index (χ4v) is 6.31. The second-order valence-electron chi connectivity index (χ2n) is 12.4. The maximum absolute atomic E-state index is 12.6. The number of nitrogens with two attached hydrogens (primary N) is 1. The van der Waals surface area contributed by atoms with Crippen LogP contribution in [0.1, 0.15) is 53.6 Å². The zero-order valence-electron chi connectivity index (χ0n) is 28.8. The van der Waals surface area contributed by atoms with Gasteiger partial charge in [0.25, 0.3) is 0 Å². The van der Waals surface area contributed by atoms with Gasteiger partial charge >= 0.3 is 17.9 Å². The fourth-order valence-electron chi connectivity index (χ4n) is 6.31. The molecule has 270 valence electrons. The van der Waals surface area contributed by atoms with E-state index in [1.54, 1.807) is 6.07 Å². The van der Waals surface area contributed by atoms with Crippen LogP contribution in [0, 0.1) is 0 Å². The summed E-state index contributed by atoms with van der Waals surface area (Å²) in [6.07, 6.45) is 6.08. The van der Waals surface area contributed by atoms with E-state index in [9.17, 15) is 24.3 Å². The van der Waals surface area contributed by atoms with Crippen molar-refractivity contribution in [1.29, 1.82) is 0 Å². The molecular formula is C40H42N4O8. The first kappa shape index (κ1) is 37.1. The molecule has 0 saturated heterocycles. The number of aryl methyl sites for hydroxylation is 1. The average molecular weight is 707 g/mol. The lowest BCUT2D eigenvalue weighted by atomic mass is 9.89. The van der Waals surface area contributed by atoms with E-state index < -0.39 is 17.9 Å². The minimum Gasteiger partial charge on any atom is -0.496 e. The lowest BCUT2D eigenvalue weighted by molar-refractivity contribution is 0.112. The van der Waals surface area contributed by atoms with Crippen molar-refractivity contribution in [3.63, 3.8) is 0 Å². The molecule has 12 heteroatoms. The summed E-state index contributed by atoms with van der Waals surface area (Å²) >= 11 is 0. The average Bonchev–Trinajstić information content (AvgIpc) is 3.46. The Kier molecular flexibility index (Phi) is 12.6. The topological polar surface area (TPSA) is 177 Å². The largest absolute Gasteiger partial charge is 0.496 e. The van der Waals surface area contributed by atoms with Crippen molar-refractivity contribution in [3.8, 4) is 16.9 Å². The first-order chi connectivity index (χ1) is 25.2. The molecule has 1 aromatic heterocycles. The third-order valence-electron chi connectivity index (χ3n) is 8.94. The highest BCUT2D eigenvalue weighted by Crippen LogP contribution is 2.36. The van der Waals surface area contributed by atoms with Crippen LogP contribution in [0.15, 0.2) is 106 Å². The Morgan fingerprint density at radius 3 is 2.31 bits per heavy atom. The van der Waals surface area contributed by atoms with Gasteiger partial charge in [-0.2, -0.15) is 0 Å². The van der Waals surface area contributed by atoms with Gasteiger partial charge in [-0.25, -0.2) is 14.4 Å². The van der Waals surface area contributed by atoms with Crippen molar-refractivity contribution in [1.82, 2.24) is 9.88 Å². The van der Waals surface area contributed by atoms with Crippen LogP contribution in [-0.4, -0.2) is 52.4 Å². The Morgan fingerprint density at radius 1 is 0.981 bits per heavy atom. The van der Waals surface area contributed by atoms with Gasteiger partial charge in [0, 0.05) is 36.8 Å². The number of hydrogen-bond donors (Lipinski definition) is 4. The zero-order chi connectivity index (χ0) is 37.0. The molecule has 52 heavy (non-hydrogen) atoms. The Balaban J connectivity index is 0.000000407. The molecule has 1 saturated carbocycles. The van der Waals surface area contributed by atoms with Crippen LogP contribution in [-0.2, 0) is 13.1 Å². The Labute approximate surface area is 300 Å². The summed E-state index contributed by atoms with van der Waals surface area (Å²) < 4.78 is 12.1. The fraction of sp³-hybridized carbons (Fsp3) is 0.250. The molecular weight excluding hydrogens is 664 g/mol. The van der Waals surface area contributed by atoms with Crippen LogP contribution in [0.4, 0.5) is 15.3 Å². The van der Waals surface area contributed by atoms with Crippen LogP contribution in [0.25, 0.3) is 28.3 Å². The summed E-state index contributed by atoms with van der Waals surface area (Å²) in [5.74, 6) is -0.149. The predicted octanol–water partition coefficient (Wildman–Crippen LogP) is 7.39. The van der Waals surface area contributed by atoms with Crippen LogP contribution >= 0.6 is 0 Å². The second kappa shape index (κ2) is 17.7. The molecule has 0 unspecified atom stereocenters. The van der Waals surface area contributed by atoms with Gasteiger partial charge in [0.05, 0.1) is 23.9 Å². The number of oxazole rings is 1. The first-order valence-electron chi connectivity index (χ1n) is 17.0. The minimum atomic E-state index is -0.992. The number of carbonyl (C=O) groups excluding carboxylic acids is 1. The molecule has 5 aromatic rings. The molecule has 0 atom stereocenters. The lowest BCUT2D eigenvalue weighted by Crippen LogP contribution is -2.44. The number of ether oxygens (including phenoxy) is 1. The van der Waals surface area contributed by atoms with Crippen molar-refractivity contribution in [2.75, 3.05) is 12.0 Å². The molecule has 4 aromatic carbocycles. The van der Waals surface area contributed by atoms with E-state index in [2.05, 4.69) is 5.32 Å². The summed E-state index contributed by atoms with van der Waals surface area (Å²) in [4.78, 5) is 48.0. The number of carboxylic acid groups (broad SMARTS) is 2. The van der Waals surface area contributed by atoms with E-state index in [1.165, 1.54) is 22.6 Å². The van der Waals surface area contributed by atoms with E-state index >= 15 is 0 Å². The number of benzene rings is 4. The maximum atomic E-state index is 12.6. The van der Waals surface area contributed by atoms with Crippen molar-refractivity contribution in [2.24, 2.45) is 5.73 Å². The number of allylic oxidation sites excluding steroid dienone is 1. The second-order valence-corrected chi connectivity index (χ2v) is 12.4. The van der Waals surface area contributed by atoms with E-state index in [0.29, 0.717) is 66.7 Å². The van der Waals surface area contributed by atoms with Gasteiger partial charge in [0.1, 0.15) is 5.75 Å². The summed E-state index contributed by atoms with van der Waals surface area (Å²) in [5, 5.41) is 20.9. The number of carbonyl (C=O) groups is 3. The monoisotopic (exact) mass is 706 g/mol. The highest BCUT2D eigenvalue weighted by atomic mass is 16.5. The van der Waals surface area contributed by atoms with Crippen LogP contribution in [0.5, 0.6) is 5.75 Å². The van der Waals surface area contributed by atoms with Crippen molar-refractivity contribution < 1.29 is 33.8 Å². The number of aldehydes is 1. The Hall–Kier alpha value is -6.14. The summed E-state index contributed by atoms with van der Waals surface area (Å²) in [6.45, 7) is 0.723. The van der Waals surface area contributed by atoms with E-state index in [0.717, 1.165) is 35.1 Å². The maximum Gasteiger partial charge on any atom is 0.419 e. The SMILES string of the molecule is COc1cc2c(cc1C=O)oc(=O)n2CCC=Cc1ccc(-c2ccccc2)c(N(C(=O)O)C2CCC(N)CC2)c1.O=C(O)NCc1ccccc1. The third-order valence-corrected chi connectivity index (χ3v) is 8.94. The normalized spacial score (nSPS) is 15.4. The number of rotatable bonds is 11. The number of methoxy groups -OCH3 is 1. The molecule has 0 radical (unpaired) electrons. The van der Waals surface area contributed by atoms with E-state index in [-0.39, 0.29) is 12.1 Å². The summed E-state index contributed by atoms with van der Waals surface area (Å²) in [7, 11) is 1.46. The molecule has 0 aliphatic heterocycles.